The van der Waals surface area contributed by atoms with Gasteiger partial charge in [-0.25, -0.2) is 4.68 Å². The Labute approximate surface area is 115 Å². The highest BCUT2D eigenvalue weighted by atomic mass is 35.5. The van der Waals surface area contributed by atoms with Gasteiger partial charge in [0, 0.05) is 12.2 Å². The second-order valence-electron chi connectivity index (χ2n) is 4.52. The lowest BCUT2D eigenvalue weighted by Crippen LogP contribution is -2.17. The van der Waals surface area contributed by atoms with E-state index in [1.807, 2.05) is 12.1 Å². The molecule has 3 rings (SSSR count). The number of aromatic nitrogens is 4. The molecular weight excluding hydrogens is 266 g/mol. The fourth-order valence-electron chi connectivity index (χ4n) is 2.23. The maximum Gasteiger partial charge on any atom is 0.184 e. The van der Waals surface area contributed by atoms with Crippen molar-refractivity contribution < 1.29 is 4.74 Å². The van der Waals surface area contributed by atoms with Crippen molar-refractivity contribution in [2.45, 2.75) is 25.5 Å². The van der Waals surface area contributed by atoms with E-state index in [4.69, 9.17) is 22.1 Å². The first kappa shape index (κ1) is 12.4. The molecule has 1 unspecified atom stereocenters. The van der Waals surface area contributed by atoms with Crippen molar-refractivity contribution in [1.82, 2.24) is 20.2 Å². The standard InChI is InChI=1S/C12H14ClN5O/c13-10-5-1-4-9(11(10)14)12-15-16-17-18(12)7-8-3-2-6-19-8/h1,4-5,8H,2-3,6-7,14H2. The number of hydrogen-bond acceptors (Lipinski definition) is 5. The summed E-state index contributed by atoms with van der Waals surface area (Å²) < 4.78 is 7.32. The summed E-state index contributed by atoms with van der Waals surface area (Å²) >= 11 is 6.03. The Morgan fingerprint density at radius 2 is 2.37 bits per heavy atom. The smallest absolute Gasteiger partial charge is 0.184 e. The van der Waals surface area contributed by atoms with Crippen LogP contribution in [-0.4, -0.2) is 32.9 Å². The molecule has 2 heterocycles. The first-order valence-corrected chi connectivity index (χ1v) is 6.55. The van der Waals surface area contributed by atoms with Crippen LogP contribution in [0.25, 0.3) is 11.4 Å². The van der Waals surface area contributed by atoms with Crippen LogP contribution in [0.1, 0.15) is 12.8 Å². The Bertz CT molecular complexity index is 579. The van der Waals surface area contributed by atoms with Gasteiger partial charge in [-0.05, 0) is 35.4 Å². The van der Waals surface area contributed by atoms with Gasteiger partial charge in [0.1, 0.15) is 0 Å². The van der Waals surface area contributed by atoms with E-state index in [0.29, 0.717) is 23.1 Å². The number of halogens is 1. The summed E-state index contributed by atoms with van der Waals surface area (Å²) in [6.07, 6.45) is 2.29. The van der Waals surface area contributed by atoms with Gasteiger partial charge in [-0.3, -0.25) is 0 Å². The molecule has 1 aromatic carbocycles. The molecule has 0 radical (unpaired) electrons. The molecule has 0 bridgehead atoms. The number of nitrogens with zero attached hydrogens (tertiary/aromatic N) is 4. The Morgan fingerprint density at radius 3 is 3.16 bits per heavy atom. The topological polar surface area (TPSA) is 78.9 Å². The third-order valence-electron chi connectivity index (χ3n) is 3.23. The third-order valence-corrected chi connectivity index (χ3v) is 3.56. The van der Waals surface area contributed by atoms with Gasteiger partial charge in [-0.1, -0.05) is 17.7 Å². The number of para-hydroxylation sites is 1. The molecule has 0 spiro atoms. The predicted molar refractivity (Wildman–Crippen MR) is 71.6 cm³/mol. The van der Waals surface area contributed by atoms with Crippen molar-refractivity contribution in [2.75, 3.05) is 12.3 Å². The van der Waals surface area contributed by atoms with E-state index >= 15 is 0 Å². The Kier molecular flexibility index (Phi) is 3.35. The lowest BCUT2D eigenvalue weighted by atomic mass is 10.1. The minimum absolute atomic E-state index is 0.169. The lowest BCUT2D eigenvalue weighted by Gasteiger charge is -2.11. The number of nitrogen functional groups attached to an aromatic ring is 1. The molecule has 2 aromatic rings. The van der Waals surface area contributed by atoms with Crippen LogP contribution in [0.5, 0.6) is 0 Å². The Hall–Kier alpha value is -1.66. The second-order valence-corrected chi connectivity index (χ2v) is 4.93. The fraction of sp³-hybridized carbons (Fsp3) is 0.417. The predicted octanol–water partition coefficient (Wildman–Crippen LogP) is 1.75. The maximum atomic E-state index is 6.03. The molecule has 7 heteroatoms. The average molecular weight is 280 g/mol. The zero-order valence-corrected chi connectivity index (χ0v) is 11.0. The minimum atomic E-state index is 0.169. The van der Waals surface area contributed by atoms with Crippen LogP contribution in [-0.2, 0) is 11.3 Å². The van der Waals surface area contributed by atoms with E-state index in [-0.39, 0.29) is 6.10 Å². The van der Waals surface area contributed by atoms with Gasteiger partial charge in [0.15, 0.2) is 5.82 Å². The van der Waals surface area contributed by atoms with Crippen molar-refractivity contribution in [1.29, 1.82) is 0 Å². The van der Waals surface area contributed by atoms with E-state index in [0.717, 1.165) is 25.0 Å². The number of nitrogens with two attached hydrogens (primary N) is 1. The van der Waals surface area contributed by atoms with E-state index in [1.165, 1.54) is 0 Å². The number of ether oxygens (including phenoxy) is 1. The highest BCUT2D eigenvalue weighted by Crippen LogP contribution is 2.30. The Balaban J connectivity index is 1.92. The van der Waals surface area contributed by atoms with Gasteiger partial charge in [-0.2, -0.15) is 0 Å². The van der Waals surface area contributed by atoms with Gasteiger partial charge in [0.05, 0.1) is 23.4 Å². The van der Waals surface area contributed by atoms with Gasteiger partial charge in [-0.15, -0.1) is 5.10 Å². The highest BCUT2D eigenvalue weighted by molar-refractivity contribution is 6.33. The monoisotopic (exact) mass is 279 g/mol. The molecule has 2 N–H and O–H groups in total. The quantitative estimate of drug-likeness (QED) is 0.866. The molecule has 1 aliphatic rings. The van der Waals surface area contributed by atoms with Crippen molar-refractivity contribution in [3.05, 3.63) is 23.2 Å². The van der Waals surface area contributed by atoms with E-state index in [2.05, 4.69) is 15.5 Å². The zero-order chi connectivity index (χ0) is 13.2. The molecule has 1 saturated heterocycles. The molecule has 100 valence electrons. The molecule has 1 aromatic heterocycles. The first-order chi connectivity index (χ1) is 9.25. The molecule has 1 atom stereocenters. The fourth-order valence-corrected chi connectivity index (χ4v) is 2.41. The minimum Gasteiger partial charge on any atom is -0.397 e. The van der Waals surface area contributed by atoms with Gasteiger partial charge in [0.25, 0.3) is 0 Å². The number of anilines is 1. The van der Waals surface area contributed by atoms with Crippen LogP contribution >= 0.6 is 11.6 Å². The number of tetrazole rings is 1. The van der Waals surface area contributed by atoms with Crippen LogP contribution in [0, 0.1) is 0 Å². The third kappa shape index (κ3) is 2.41. The summed E-state index contributed by atoms with van der Waals surface area (Å²) in [4.78, 5) is 0. The summed E-state index contributed by atoms with van der Waals surface area (Å²) in [6, 6.07) is 5.44. The molecule has 0 amide bonds. The van der Waals surface area contributed by atoms with Crippen LogP contribution in [0.4, 0.5) is 5.69 Å². The van der Waals surface area contributed by atoms with Crippen molar-refractivity contribution in [3.63, 3.8) is 0 Å². The van der Waals surface area contributed by atoms with E-state index < -0.39 is 0 Å². The largest absolute Gasteiger partial charge is 0.397 e. The molecule has 1 fully saturated rings. The van der Waals surface area contributed by atoms with Crippen molar-refractivity contribution in [2.24, 2.45) is 0 Å². The average Bonchev–Trinajstić information content (AvgIpc) is 3.05. The first-order valence-electron chi connectivity index (χ1n) is 6.18. The summed E-state index contributed by atoms with van der Waals surface area (Å²) in [7, 11) is 0. The van der Waals surface area contributed by atoms with Gasteiger partial charge in [0.2, 0.25) is 0 Å². The van der Waals surface area contributed by atoms with Crippen LogP contribution < -0.4 is 5.73 Å². The number of hydrogen-bond donors (Lipinski definition) is 1. The molecule has 19 heavy (non-hydrogen) atoms. The van der Waals surface area contributed by atoms with Gasteiger partial charge >= 0.3 is 0 Å². The molecule has 0 saturated carbocycles. The maximum absolute atomic E-state index is 6.03. The van der Waals surface area contributed by atoms with E-state index in [1.54, 1.807) is 10.7 Å². The summed E-state index contributed by atoms with van der Waals surface area (Å²) in [6.45, 7) is 1.44. The molecule has 0 aliphatic carbocycles. The summed E-state index contributed by atoms with van der Waals surface area (Å²) in [5.74, 6) is 0.621. The molecule has 1 aliphatic heterocycles. The van der Waals surface area contributed by atoms with Crippen LogP contribution in [0.3, 0.4) is 0 Å². The zero-order valence-electron chi connectivity index (χ0n) is 10.3. The lowest BCUT2D eigenvalue weighted by molar-refractivity contribution is 0.0939. The number of rotatable bonds is 3. The van der Waals surface area contributed by atoms with Crippen molar-refractivity contribution >= 4 is 17.3 Å². The van der Waals surface area contributed by atoms with Crippen LogP contribution in [0.15, 0.2) is 18.2 Å². The SMILES string of the molecule is Nc1c(Cl)cccc1-c1nnnn1CC1CCCO1. The highest BCUT2D eigenvalue weighted by Gasteiger charge is 2.20. The Morgan fingerprint density at radius 1 is 1.47 bits per heavy atom. The summed E-state index contributed by atoms with van der Waals surface area (Å²) in [5, 5.41) is 12.3. The van der Waals surface area contributed by atoms with E-state index in [9.17, 15) is 0 Å². The summed E-state index contributed by atoms with van der Waals surface area (Å²) in [5.41, 5.74) is 7.22. The van der Waals surface area contributed by atoms with Gasteiger partial charge < -0.3 is 10.5 Å². The second kappa shape index (κ2) is 5.14. The van der Waals surface area contributed by atoms with Crippen molar-refractivity contribution in [3.8, 4) is 11.4 Å². The van der Waals surface area contributed by atoms with Crippen LogP contribution in [0.2, 0.25) is 5.02 Å². The molecular formula is C12H14ClN5O. The number of benzene rings is 1. The normalized spacial score (nSPS) is 18.9. The molecule has 6 nitrogen and oxygen atoms in total.